The Morgan fingerprint density at radius 2 is 2.23 bits per heavy atom. The number of nitrogens with one attached hydrogen (secondary N) is 1. The molecule has 1 amide bonds. The summed E-state index contributed by atoms with van der Waals surface area (Å²) in [4.78, 5) is 12.0. The first-order chi connectivity index (χ1) is 10.6. The van der Waals surface area contributed by atoms with E-state index in [1.807, 2.05) is 54.9 Å². The van der Waals surface area contributed by atoms with Gasteiger partial charge in [0.25, 0.3) is 0 Å². The molecule has 0 fully saturated rings. The first kappa shape index (κ1) is 16.5. The Morgan fingerprint density at radius 3 is 2.91 bits per heavy atom. The van der Waals surface area contributed by atoms with Gasteiger partial charge >= 0.3 is 0 Å². The number of thiophene rings is 1. The molecule has 2 rings (SSSR count). The van der Waals surface area contributed by atoms with Gasteiger partial charge in [-0.2, -0.15) is 11.3 Å². The third kappa shape index (κ3) is 4.86. The van der Waals surface area contributed by atoms with Crippen LogP contribution in [0.5, 0.6) is 5.75 Å². The fraction of sp³-hybridized carbons (Fsp3) is 0.353. The number of amides is 1. The second-order valence-corrected chi connectivity index (χ2v) is 6.08. The van der Waals surface area contributed by atoms with Gasteiger partial charge in [0.1, 0.15) is 18.5 Å². The zero-order chi connectivity index (χ0) is 15.9. The molecule has 0 radical (unpaired) electrons. The molecule has 0 aliphatic rings. The molecule has 5 heteroatoms. The van der Waals surface area contributed by atoms with Gasteiger partial charge in [0, 0.05) is 6.54 Å². The molecule has 0 spiro atoms. The van der Waals surface area contributed by atoms with Crippen molar-refractivity contribution in [2.45, 2.75) is 25.9 Å². The Labute approximate surface area is 134 Å². The van der Waals surface area contributed by atoms with Crippen LogP contribution in [0.25, 0.3) is 0 Å². The fourth-order valence-electron chi connectivity index (χ4n) is 2.00. The molecule has 1 aromatic heterocycles. The van der Waals surface area contributed by atoms with Crippen LogP contribution in [-0.2, 0) is 4.79 Å². The molecule has 2 unspecified atom stereocenters. The van der Waals surface area contributed by atoms with Crippen LogP contribution in [0.15, 0.2) is 41.1 Å². The summed E-state index contributed by atoms with van der Waals surface area (Å²) in [7, 11) is 0. The second kappa shape index (κ2) is 7.96. The van der Waals surface area contributed by atoms with Crippen molar-refractivity contribution in [3.63, 3.8) is 0 Å². The van der Waals surface area contributed by atoms with Crippen LogP contribution in [-0.4, -0.2) is 30.3 Å². The molecule has 22 heavy (non-hydrogen) atoms. The highest BCUT2D eigenvalue weighted by atomic mass is 32.1. The van der Waals surface area contributed by atoms with Gasteiger partial charge in [-0.15, -0.1) is 0 Å². The van der Waals surface area contributed by atoms with Crippen molar-refractivity contribution in [1.29, 1.82) is 0 Å². The molecule has 0 aliphatic carbocycles. The van der Waals surface area contributed by atoms with Crippen molar-refractivity contribution < 1.29 is 14.6 Å². The predicted molar refractivity (Wildman–Crippen MR) is 88.4 cm³/mol. The molecule has 1 heterocycles. The fourth-order valence-corrected chi connectivity index (χ4v) is 2.75. The lowest BCUT2D eigenvalue weighted by atomic mass is 10.0. The molecule has 2 atom stereocenters. The van der Waals surface area contributed by atoms with Crippen LogP contribution < -0.4 is 10.1 Å². The summed E-state index contributed by atoms with van der Waals surface area (Å²) in [6.45, 7) is 4.16. The Balaban J connectivity index is 1.73. The van der Waals surface area contributed by atoms with Crippen molar-refractivity contribution in [1.82, 2.24) is 5.32 Å². The number of benzene rings is 1. The first-order valence-electron chi connectivity index (χ1n) is 7.23. The van der Waals surface area contributed by atoms with Crippen molar-refractivity contribution in [3.05, 3.63) is 52.2 Å². The van der Waals surface area contributed by atoms with Gasteiger partial charge in [-0.25, -0.2) is 0 Å². The highest BCUT2D eigenvalue weighted by molar-refractivity contribution is 7.08. The zero-order valence-electron chi connectivity index (χ0n) is 12.8. The molecule has 2 aromatic rings. The minimum atomic E-state index is -0.737. The van der Waals surface area contributed by atoms with Gasteiger partial charge in [-0.3, -0.25) is 4.79 Å². The number of aliphatic hydroxyl groups is 1. The molecule has 0 aliphatic heterocycles. The SMILES string of the molecule is Cc1cccc(OCC(O)CNC(=O)C(C)c2ccsc2)c1. The lowest BCUT2D eigenvalue weighted by molar-refractivity contribution is -0.122. The van der Waals surface area contributed by atoms with Crippen molar-refractivity contribution >= 4 is 17.2 Å². The molecule has 0 saturated carbocycles. The molecule has 0 bridgehead atoms. The monoisotopic (exact) mass is 319 g/mol. The van der Waals surface area contributed by atoms with Crippen LogP contribution in [0, 0.1) is 6.92 Å². The van der Waals surface area contributed by atoms with Crippen LogP contribution in [0.4, 0.5) is 0 Å². The smallest absolute Gasteiger partial charge is 0.227 e. The molecule has 4 nitrogen and oxygen atoms in total. The maximum Gasteiger partial charge on any atom is 0.227 e. The average Bonchev–Trinajstić information content (AvgIpc) is 3.04. The summed E-state index contributed by atoms with van der Waals surface area (Å²) in [5.74, 6) is 0.418. The number of hydrogen-bond acceptors (Lipinski definition) is 4. The number of ether oxygens (including phenoxy) is 1. The topological polar surface area (TPSA) is 58.6 Å². The standard InChI is InChI=1S/C17H21NO3S/c1-12-4-3-5-16(8-12)21-10-15(19)9-18-17(20)13(2)14-6-7-22-11-14/h3-8,11,13,15,19H,9-10H2,1-2H3,(H,18,20). The van der Waals surface area contributed by atoms with Crippen LogP contribution in [0.2, 0.25) is 0 Å². The third-order valence-corrected chi connectivity index (χ3v) is 4.08. The van der Waals surface area contributed by atoms with E-state index in [0.717, 1.165) is 16.9 Å². The van der Waals surface area contributed by atoms with Crippen LogP contribution in [0.3, 0.4) is 0 Å². The predicted octanol–water partition coefficient (Wildman–Crippen LogP) is 2.72. The quantitative estimate of drug-likeness (QED) is 0.825. The maximum atomic E-state index is 12.0. The highest BCUT2D eigenvalue weighted by Gasteiger charge is 2.16. The summed E-state index contributed by atoms with van der Waals surface area (Å²) in [5.41, 5.74) is 2.10. The minimum absolute atomic E-state index is 0.0898. The highest BCUT2D eigenvalue weighted by Crippen LogP contribution is 2.18. The van der Waals surface area contributed by atoms with E-state index < -0.39 is 6.10 Å². The Hall–Kier alpha value is -1.85. The summed E-state index contributed by atoms with van der Waals surface area (Å²) in [6.07, 6.45) is -0.737. The number of carbonyl (C=O) groups excluding carboxylic acids is 1. The van der Waals surface area contributed by atoms with Gasteiger partial charge < -0.3 is 15.2 Å². The average molecular weight is 319 g/mol. The number of hydrogen-bond donors (Lipinski definition) is 2. The number of aryl methyl sites for hydroxylation is 1. The van der Waals surface area contributed by atoms with E-state index in [1.54, 1.807) is 11.3 Å². The molecule has 1 aromatic carbocycles. The summed E-state index contributed by atoms with van der Waals surface area (Å²) >= 11 is 1.57. The zero-order valence-corrected chi connectivity index (χ0v) is 13.6. The van der Waals surface area contributed by atoms with Crippen LogP contribution in [0.1, 0.15) is 24.0 Å². The summed E-state index contributed by atoms with van der Waals surface area (Å²) in [6, 6.07) is 9.57. The summed E-state index contributed by atoms with van der Waals surface area (Å²) in [5, 5.41) is 16.6. The lowest BCUT2D eigenvalue weighted by Crippen LogP contribution is -2.37. The molecular formula is C17H21NO3S. The number of rotatable bonds is 7. The van der Waals surface area contributed by atoms with E-state index in [4.69, 9.17) is 4.74 Å². The van der Waals surface area contributed by atoms with Gasteiger partial charge in [0.05, 0.1) is 5.92 Å². The number of aliphatic hydroxyl groups excluding tert-OH is 1. The largest absolute Gasteiger partial charge is 0.491 e. The minimum Gasteiger partial charge on any atom is -0.491 e. The van der Waals surface area contributed by atoms with E-state index >= 15 is 0 Å². The number of carbonyl (C=O) groups is 1. The van der Waals surface area contributed by atoms with Gasteiger partial charge in [0.2, 0.25) is 5.91 Å². The molecule has 0 saturated heterocycles. The normalized spacial score (nSPS) is 13.4. The maximum absolute atomic E-state index is 12.0. The third-order valence-electron chi connectivity index (χ3n) is 3.38. The van der Waals surface area contributed by atoms with E-state index in [2.05, 4.69) is 5.32 Å². The van der Waals surface area contributed by atoms with E-state index in [-0.39, 0.29) is 25.0 Å². The molecule has 2 N–H and O–H groups in total. The molecule has 118 valence electrons. The Morgan fingerprint density at radius 1 is 1.41 bits per heavy atom. The van der Waals surface area contributed by atoms with Crippen LogP contribution >= 0.6 is 11.3 Å². The Kier molecular flexibility index (Phi) is 5.98. The second-order valence-electron chi connectivity index (χ2n) is 5.30. The van der Waals surface area contributed by atoms with E-state index in [9.17, 15) is 9.90 Å². The Bertz CT molecular complexity index is 598. The van der Waals surface area contributed by atoms with E-state index in [0.29, 0.717) is 0 Å². The van der Waals surface area contributed by atoms with Gasteiger partial charge in [0.15, 0.2) is 0 Å². The van der Waals surface area contributed by atoms with Gasteiger partial charge in [-0.1, -0.05) is 12.1 Å². The van der Waals surface area contributed by atoms with Gasteiger partial charge in [-0.05, 0) is 53.9 Å². The van der Waals surface area contributed by atoms with Crippen molar-refractivity contribution in [3.8, 4) is 5.75 Å². The lowest BCUT2D eigenvalue weighted by Gasteiger charge is -2.15. The van der Waals surface area contributed by atoms with Crippen molar-refractivity contribution in [2.75, 3.05) is 13.2 Å². The van der Waals surface area contributed by atoms with E-state index in [1.165, 1.54) is 0 Å². The first-order valence-corrected chi connectivity index (χ1v) is 8.18. The summed E-state index contributed by atoms with van der Waals surface area (Å²) < 4.78 is 5.51. The molecular weight excluding hydrogens is 298 g/mol. The van der Waals surface area contributed by atoms with Crippen molar-refractivity contribution in [2.24, 2.45) is 0 Å².